The van der Waals surface area contributed by atoms with Gasteiger partial charge in [0.1, 0.15) is 5.75 Å². The molecule has 0 saturated carbocycles. The van der Waals surface area contributed by atoms with Gasteiger partial charge in [-0.15, -0.1) is 0 Å². The van der Waals surface area contributed by atoms with Crippen LogP contribution in [0.2, 0.25) is 0 Å². The zero-order valence-electron chi connectivity index (χ0n) is 10.7. The number of rotatable bonds is 4. The Labute approximate surface area is 108 Å². The molecular formula is C13H19NO3S. The smallest absolute Gasteiger partial charge is 0.151 e. The quantitative estimate of drug-likeness (QED) is 0.900. The van der Waals surface area contributed by atoms with Crippen molar-refractivity contribution < 1.29 is 13.2 Å². The fourth-order valence-electron chi connectivity index (χ4n) is 2.29. The lowest BCUT2D eigenvalue weighted by atomic mass is 10.1. The molecule has 1 aliphatic heterocycles. The molecular weight excluding hydrogens is 250 g/mol. The van der Waals surface area contributed by atoms with E-state index in [-0.39, 0.29) is 17.8 Å². The van der Waals surface area contributed by atoms with Gasteiger partial charge >= 0.3 is 0 Å². The van der Waals surface area contributed by atoms with Crippen LogP contribution in [0.25, 0.3) is 0 Å². The molecule has 0 spiro atoms. The molecule has 0 radical (unpaired) electrons. The SMILES string of the molecule is COc1cccc([C@H](C)NC2CCS(=O)(=O)C2)c1. The zero-order chi connectivity index (χ0) is 13.2. The van der Waals surface area contributed by atoms with Gasteiger partial charge in [0, 0.05) is 12.1 Å². The van der Waals surface area contributed by atoms with E-state index < -0.39 is 9.84 Å². The summed E-state index contributed by atoms with van der Waals surface area (Å²) in [5.74, 6) is 1.37. The van der Waals surface area contributed by atoms with Crippen molar-refractivity contribution in [1.82, 2.24) is 5.32 Å². The number of hydrogen-bond acceptors (Lipinski definition) is 4. The molecule has 1 fully saturated rings. The lowest BCUT2D eigenvalue weighted by molar-refractivity contribution is 0.412. The molecule has 18 heavy (non-hydrogen) atoms. The molecule has 0 amide bonds. The minimum atomic E-state index is -2.82. The van der Waals surface area contributed by atoms with Gasteiger partial charge in [0.15, 0.2) is 9.84 Å². The molecule has 2 rings (SSSR count). The first-order valence-corrected chi connectivity index (χ1v) is 7.93. The van der Waals surface area contributed by atoms with E-state index in [4.69, 9.17) is 4.74 Å². The minimum Gasteiger partial charge on any atom is -0.497 e. The van der Waals surface area contributed by atoms with Gasteiger partial charge in [-0.3, -0.25) is 0 Å². The van der Waals surface area contributed by atoms with Crippen molar-refractivity contribution in [3.63, 3.8) is 0 Å². The van der Waals surface area contributed by atoms with Crippen molar-refractivity contribution >= 4 is 9.84 Å². The lowest BCUT2D eigenvalue weighted by Gasteiger charge is -2.19. The summed E-state index contributed by atoms with van der Waals surface area (Å²) < 4.78 is 28.0. The molecule has 0 aliphatic carbocycles. The molecule has 1 heterocycles. The Balaban J connectivity index is 2.01. The second-order valence-electron chi connectivity index (χ2n) is 4.76. The van der Waals surface area contributed by atoms with Crippen LogP contribution in [0.1, 0.15) is 24.9 Å². The van der Waals surface area contributed by atoms with E-state index in [9.17, 15) is 8.42 Å². The molecule has 1 unspecified atom stereocenters. The Morgan fingerprint density at radius 3 is 2.83 bits per heavy atom. The van der Waals surface area contributed by atoms with E-state index in [1.807, 2.05) is 31.2 Å². The van der Waals surface area contributed by atoms with Crippen LogP contribution in [0.5, 0.6) is 5.75 Å². The first-order valence-electron chi connectivity index (χ1n) is 6.10. The monoisotopic (exact) mass is 269 g/mol. The zero-order valence-corrected chi connectivity index (χ0v) is 11.5. The Hall–Kier alpha value is -1.07. The summed E-state index contributed by atoms with van der Waals surface area (Å²) in [4.78, 5) is 0. The van der Waals surface area contributed by atoms with E-state index in [0.717, 1.165) is 11.3 Å². The highest BCUT2D eigenvalue weighted by molar-refractivity contribution is 7.91. The maximum absolute atomic E-state index is 11.4. The molecule has 100 valence electrons. The van der Waals surface area contributed by atoms with Crippen LogP contribution in [0, 0.1) is 0 Å². The number of benzene rings is 1. The Morgan fingerprint density at radius 2 is 2.22 bits per heavy atom. The number of methoxy groups -OCH3 is 1. The van der Waals surface area contributed by atoms with Crippen molar-refractivity contribution in [2.75, 3.05) is 18.6 Å². The predicted octanol–water partition coefficient (Wildman–Crippen LogP) is 1.53. The number of sulfone groups is 1. The van der Waals surface area contributed by atoms with Gasteiger partial charge in [-0.1, -0.05) is 12.1 Å². The van der Waals surface area contributed by atoms with Gasteiger partial charge < -0.3 is 10.1 Å². The summed E-state index contributed by atoms with van der Waals surface area (Å²) >= 11 is 0. The summed E-state index contributed by atoms with van der Waals surface area (Å²) in [5, 5.41) is 3.37. The van der Waals surface area contributed by atoms with Gasteiger partial charge in [-0.2, -0.15) is 0 Å². The Bertz CT molecular complexity index is 513. The van der Waals surface area contributed by atoms with E-state index in [1.165, 1.54) is 0 Å². The molecule has 1 aromatic rings. The molecule has 4 nitrogen and oxygen atoms in total. The van der Waals surface area contributed by atoms with Gasteiger partial charge in [-0.05, 0) is 31.0 Å². The molecule has 0 aromatic heterocycles. The molecule has 1 saturated heterocycles. The van der Waals surface area contributed by atoms with Crippen molar-refractivity contribution in [2.24, 2.45) is 0 Å². The van der Waals surface area contributed by atoms with E-state index in [0.29, 0.717) is 12.2 Å². The third-order valence-corrected chi connectivity index (χ3v) is 5.08. The van der Waals surface area contributed by atoms with E-state index in [1.54, 1.807) is 7.11 Å². The van der Waals surface area contributed by atoms with Crippen molar-refractivity contribution in [3.05, 3.63) is 29.8 Å². The molecule has 1 N–H and O–H groups in total. The maximum atomic E-state index is 11.4. The fraction of sp³-hybridized carbons (Fsp3) is 0.538. The third-order valence-electron chi connectivity index (χ3n) is 3.31. The van der Waals surface area contributed by atoms with Crippen LogP contribution in [-0.4, -0.2) is 33.1 Å². The first kappa shape index (κ1) is 13.4. The summed E-state index contributed by atoms with van der Waals surface area (Å²) in [5.41, 5.74) is 1.11. The van der Waals surface area contributed by atoms with Crippen LogP contribution < -0.4 is 10.1 Å². The summed E-state index contributed by atoms with van der Waals surface area (Å²) in [7, 11) is -1.18. The van der Waals surface area contributed by atoms with Crippen LogP contribution in [0.4, 0.5) is 0 Å². The van der Waals surface area contributed by atoms with Crippen LogP contribution in [0.3, 0.4) is 0 Å². The highest BCUT2D eigenvalue weighted by Gasteiger charge is 2.28. The van der Waals surface area contributed by atoms with E-state index >= 15 is 0 Å². The van der Waals surface area contributed by atoms with E-state index in [2.05, 4.69) is 5.32 Å². The largest absolute Gasteiger partial charge is 0.497 e. The molecule has 1 aliphatic rings. The molecule has 1 aromatic carbocycles. The molecule has 5 heteroatoms. The lowest BCUT2D eigenvalue weighted by Crippen LogP contribution is -2.32. The normalized spacial score (nSPS) is 23.8. The minimum absolute atomic E-state index is 0.0659. The highest BCUT2D eigenvalue weighted by Crippen LogP contribution is 2.21. The maximum Gasteiger partial charge on any atom is 0.151 e. The summed E-state index contributed by atoms with van der Waals surface area (Å²) in [6.07, 6.45) is 0.705. The molecule has 0 bridgehead atoms. The van der Waals surface area contributed by atoms with Crippen molar-refractivity contribution in [3.8, 4) is 5.75 Å². The predicted molar refractivity (Wildman–Crippen MR) is 71.6 cm³/mol. The average Bonchev–Trinajstić information content (AvgIpc) is 2.68. The van der Waals surface area contributed by atoms with Crippen molar-refractivity contribution in [2.45, 2.75) is 25.4 Å². The molecule has 2 atom stereocenters. The van der Waals surface area contributed by atoms with Gasteiger partial charge in [0.2, 0.25) is 0 Å². The topological polar surface area (TPSA) is 55.4 Å². The number of ether oxygens (including phenoxy) is 1. The van der Waals surface area contributed by atoms with Gasteiger partial charge in [-0.25, -0.2) is 8.42 Å². The Kier molecular flexibility index (Phi) is 3.92. The first-order chi connectivity index (χ1) is 8.50. The number of hydrogen-bond donors (Lipinski definition) is 1. The Morgan fingerprint density at radius 1 is 1.44 bits per heavy atom. The second kappa shape index (κ2) is 5.28. The summed E-state index contributed by atoms with van der Waals surface area (Å²) in [6, 6.07) is 8.02. The third kappa shape index (κ3) is 3.23. The second-order valence-corrected chi connectivity index (χ2v) is 6.99. The fourth-order valence-corrected chi connectivity index (χ4v) is 3.97. The van der Waals surface area contributed by atoms with Gasteiger partial charge in [0.05, 0.1) is 18.6 Å². The highest BCUT2D eigenvalue weighted by atomic mass is 32.2. The number of nitrogens with one attached hydrogen (secondary N) is 1. The van der Waals surface area contributed by atoms with Crippen LogP contribution in [-0.2, 0) is 9.84 Å². The average molecular weight is 269 g/mol. The summed E-state index contributed by atoms with van der Waals surface area (Å²) in [6.45, 7) is 2.04. The van der Waals surface area contributed by atoms with Crippen LogP contribution in [0.15, 0.2) is 24.3 Å². The van der Waals surface area contributed by atoms with Gasteiger partial charge in [0.25, 0.3) is 0 Å². The van der Waals surface area contributed by atoms with Crippen LogP contribution >= 0.6 is 0 Å². The van der Waals surface area contributed by atoms with Crippen molar-refractivity contribution in [1.29, 1.82) is 0 Å². The standard InChI is InChI=1S/C13H19NO3S/c1-10(11-4-3-5-13(8-11)17-2)14-12-6-7-18(15,16)9-12/h3-5,8,10,12,14H,6-7,9H2,1-2H3/t10-,12?/m0/s1.